The summed E-state index contributed by atoms with van der Waals surface area (Å²) >= 11 is 0. The van der Waals surface area contributed by atoms with Gasteiger partial charge in [0.2, 0.25) is 0 Å². The van der Waals surface area contributed by atoms with Crippen LogP contribution in [0.2, 0.25) is 0 Å². The van der Waals surface area contributed by atoms with Crippen molar-refractivity contribution in [3.8, 4) is 12.8 Å². The summed E-state index contributed by atoms with van der Waals surface area (Å²) in [5.41, 5.74) is 14.7. The molecule has 0 aromatic heterocycles. The molecule has 1 saturated carbocycles. The molecule has 3 aromatic rings. The predicted octanol–water partition coefficient (Wildman–Crippen LogP) is 16.2. The Morgan fingerprint density at radius 1 is 0.863 bits per heavy atom. The highest BCUT2D eigenvalue weighted by atomic mass is 14.5. The summed E-state index contributed by atoms with van der Waals surface area (Å²) in [6, 6.07) is 24.5. The predicted molar refractivity (Wildman–Crippen MR) is 240 cm³/mol. The van der Waals surface area contributed by atoms with Crippen molar-refractivity contribution in [1.82, 2.24) is 0 Å². The maximum Gasteiger partial charge on any atom is 0.0320 e. The van der Waals surface area contributed by atoms with Gasteiger partial charge in [0, 0.05) is 5.69 Å². The van der Waals surface area contributed by atoms with E-state index in [4.69, 9.17) is 5.73 Å². The molecule has 0 heterocycles. The first-order chi connectivity index (χ1) is 24.4. The number of benzene rings is 3. The molecule has 0 amide bonds. The number of terminal acetylenes is 1. The Bertz CT molecular complexity index is 1270. The van der Waals surface area contributed by atoms with E-state index in [1.165, 1.54) is 55.2 Å². The van der Waals surface area contributed by atoms with Gasteiger partial charge >= 0.3 is 0 Å². The molecular weight excluding hydrogens is 615 g/mol. The van der Waals surface area contributed by atoms with Crippen molar-refractivity contribution in [3.63, 3.8) is 0 Å². The number of hydrogen-bond acceptors (Lipinski definition) is 1. The summed E-state index contributed by atoms with van der Waals surface area (Å²) in [4.78, 5) is 0. The lowest BCUT2D eigenvalue weighted by Gasteiger charge is -2.42. The second-order valence-electron chi connectivity index (χ2n) is 12.6. The Balaban J connectivity index is -0.000000278. The maximum absolute atomic E-state index is 5.56. The third-order valence-electron chi connectivity index (χ3n) is 8.97. The molecule has 1 aliphatic rings. The van der Waals surface area contributed by atoms with E-state index in [2.05, 4.69) is 105 Å². The highest BCUT2D eigenvalue weighted by Crippen LogP contribution is 2.47. The van der Waals surface area contributed by atoms with Gasteiger partial charge in [-0.15, -0.1) is 19.4 Å². The Kier molecular flexibility index (Phi) is 36.7. The van der Waals surface area contributed by atoms with Crippen LogP contribution < -0.4 is 5.73 Å². The van der Waals surface area contributed by atoms with Gasteiger partial charge in [0.15, 0.2) is 0 Å². The van der Waals surface area contributed by atoms with Crippen LogP contribution in [0, 0.1) is 43.9 Å². The number of anilines is 1. The monoisotopic (exact) mass is 696 g/mol. The standard InChI is InChI=1S/C16H26.C9H11N.C9H16.C8H8.3C2H6.C2H2/c1-6-9-15(12(3)7-2)16-11-8-10-13(4)14(16)5;1-7(2)8-4-3-5-9(10)6-8;1-4-8-6-9(3,5-2)7-8;1-2-8-6-4-3-5-7-8;4*1-2/h8,10-12,15H,6-7,9H2,1-5H3;3-6H,1,10H2,2H3;5,8H,2,4,6-7H2,1,3H3;2-7H,1H2;3*1-2H3;1-2H. The normalized spacial score (nSPS) is 15.6. The largest absolute Gasteiger partial charge is 0.399 e. The van der Waals surface area contributed by atoms with Crippen molar-refractivity contribution in [2.75, 3.05) is 5.73 Å². The zero-order valence-corrected chi connectivity index (χ0v) is 35.9. The quantitative estimate of drug-likeness (QED) is 0.135. The first-order valence-corrected chi connectivity index (χ1v) is 19.7. The summed E-state index contributed by atoms with van der Waals surface area (Å²) in [6.45, 7) is 41.3. The summed E-state index contributed by atoms with van der Waals surface area (Å²) in [5, 5.41) is 0. The van der Waals surface area contributed by atoms with Crippen LogP contribution in [0.1, 0.15) is 155 Å². The van der Waals surface area contributed by atoms with E-state index < -0.39 is 0 Å². The fourth-order valence-corrected chi connectivity index (χ4v) is 5.63. The van der Waals surface area contributed by atoms with E-state index in [0.717, 1.165) is 34.6 Å². The molecule has 2 unspecified atom stereocenters. The van der Waals surface area contributed by atoms with Crippen LogP contribution in [-0.4, -0.2) is 0 Å². The Labute approximate surface area is 320 Å². The molecule has 2 atom stereocenters. The zero-order valence-electron chi connectivity index (χ0n) is 35.9. The summed E-state index contributed by atoms with van der Waals surface area (Å²) in [6.07, 6.45) is 19.9. The smallest absolute Gasteiger partial charge is 0.0320 e. The third kappa shape index (κ3) is 23.4. The number of aryl methyl sites for hydroxylation is 1. The molecule has 1 aliphatic carbocycles. The van der Waals surface area contributed by atoms with Crippen LogP contribution in [0.15, 0.2) is 98.6 Å². The first-order valence-electron chi connectivity index (χ1n) is 19.7. The minimum Gasteiger partial charge on any atom is -0.399 e. The topological polar surface area (TPSA) is 26.0 Å². The van der Waals surface area contributed by atoms with Crippen molar-refractivity contribution in [2.24, 2.45) is 17.3 Å². The molecule has 51 heavy (non-hydrogen) atoms. The number of allylic oxidation sites excluding steroid dienone is 2. The second-order valence-corrected chi connectivity index (χ2v) is 12.6. The zero-order chi connectivity index (χ0) is 40.4. The molecule has 4 rings (SSSR count). The van der Waals surface area contributed by atoms with E-state index in [9.17, 15) is 0 Å². The van der Waals surface area contributed by atoms with Crippen LogP contribution in [0.25, 0.3) is 11.6 Å². The lowest BCUT2D eigenvalue weighted by Crippen LogP contribution is -2.31. The van der Waals surface area contributed by atoms with Crippen molar-refractivity contribution < 1.29 is 0 Å². The van der Waals surface area contributed by atoms with Crippen LogP contribution in [0.5, 0.6) is 0 Å². The lowest BCUT2D eigenvalue weighted by molar-refractivity contribution is 0.126. The highest BCUT2D eigenvalue weighted by molar-refractivity contribution is 5.64. The molecule has 2 N–H and O–H groups in total. The minimum absolute atomic E-state index is 0.501. The second kappa shape index (κ2) is 34.7. The molecule has 0 aliphatic heterocycles. The molecule has 0 radical (unpaired) electrons. The molecule has 0 spiro atoms. The van der Waals surface area contributed by atoms with E-state index >= 15 is 0 Å². The highest BCUT2D eigenvalue weighted by Gasteiger charge is 2.35. The van der Waals surface area contributed by atoms with E-state index in [1.54, 1.807) is 5.56 Å². The van der Waals surface area contributed by atoms with Crippen molar-refractivity contribution >= 4 is 17.3 Å². The van der Waals surface area contributed by atoms with Crippen LogP contribution >= 0.6 is 0 Å². The Hall–Kier alpha value is -3.76. The van der Waals surface area contributed by atoms with Gasteiger partial charge in [-0.25, -0.2) is 0 Å². The van der Waals surface area contributed by atoms with Gasteiger partial charge in [-0.3, -0.25) is 0 Å². The van der Waals surface area contributed by atoms with Gasteiger partial charge in [-0.1, -0.05) is 187 Å². The summed E-state index contributed by atoms with van der Waals surface area (Å²) in [5.74, 6) is 2.53. The summed E-state index contributed by atoms with van der Waals surface area (Å²) < 4.78 is 0. The minimum atomic E-state index is 0.501. The van der Waals surface area contributed by atoms with Gasteiger partial charge in [0.25, 0.3) is 0 Å². The average molecular weight is 696 g/mol. The molecule has 1 nitrogen and oxygen atoms in total. The van der Waals surface area contributed by atoms with Gasteiger partial charge in [-0.05, 0) is 103 Å². The first kappa shape index (κ1) is 54.0. The Morgan fingerprint density at radius 3 is 1.76 bits per heavy atom. The molecule has 3 aromatic carbocycles. The fraction of sp³-hybridized carbons (Fsp3) is 0.480. The number of nitrogens with two attached hydrogens (primary N) is 1. The molecule has 0 bridgehead atoms. The van der Waals surface area contributed by atoms with Crippen LogP contribution in [0.4, 0.5) is 5.69 Å². The number of hydrogen-bond donors (Lipinski definition) is 1. The van der Waals surface area contributed by atoms with E-state index in [-0.39, 0.29) is 0 Å². The number of nitrogen functional groups attached to an aromatic ring is 1. The van der Waals surface area contributed by atoms with E-state index in [0.29, 0.717) is 5.41 Å². The third-order valence-corrected chi connectivity index (χ3v) is 8.97. The van der Waals surface area contributed by atoms with Crippen molar-refractivity contribution in [3.05, 3.63) is 126 Å². The fourth-order valence-electron chi connectivity index (χ4n) is 5.63. The molecular formula is C50H81N. The van der Waals surface area contributed by atoms with Gasteiger partial charge in [0.05, 0.1) is 0 Å². The lowest BCUT2D eigenvalue weighted by atomic mass is 9.62. The molecule has 0 saturated heterocycles. The molecule has 286 valence electrons. The number of rotatable bonds is 9. The van der Waals surface area contributed by atoms with Crippen LogP contribution in [0.3, 0.4) is 0 Å². The van der Waals surface area contributed by atoms with E-state index in [1.807, 2.05) is 109 Å². The van der Waals surface area contributed by atoms with Crippen molar-refractivity contribution in [2.45, 2.75) is 141 Å². The SMILES string of the molecule is C#C.C=C(C)c1cccc(N)c1.C=CC1(C)CC(CC)C1.C=Cc1ccccc1.CC.CC.CC.CCCC(c1cccc(C)c1C)C(C)CC. The average Bonchev–Trinajstić information content (AvgIpc) is 3.17. The Morgan fingerprint density at radius 2 is 1.39 bits per heavy atom. The van der Waals surface area contributed by atoms with Gasteiger partial charge in [0.1, 0.15) is 0 Å². The van der Waals surface area contributed by atoms with Crippen LogP contribution in [-0.2, 0) is 0 Å². The maximum atomic E-state index is 5.56. The van der Waals surface area contributed by atoms with Gasteiger partial charge < -0.3 is 5.73 Å². The molecule has 1 fully saturated rings. The van der Waals surface area contributed by atoms with Gasteiger partial charge in [-0.2, -0.15) is 0 Å². The van der Waals surface area contributed by atoms with Crippen molar-refractivity contribution in [1.29, 1.82) is 0 Å². The molecule has 1 heteroatoms. The summed E-state index contributed by atoms with van der Waals surface area (Å²) in [7, 11) is 0.